The van der Waals surface area contributed by atoms with Gasteiger partial charge in [-0.05, 0) is 0 Å². The summed E-state index contributed by atoms with van der Waals surface area (Å²) in [4.78, 5) is 0. The van der Waals surface area contributed by atoms with Gasteiger partial charge in [-0.3, -0.25) is 9.11 Å². The van der Waals surface area contributed by atoms with E-state index in [1.807, 2.05) is 0 Å². The van der Waals surface area contributed by atoms with Crippen molar-refractivity contribution in [3.05, 3.63) is 0 Å². The zero-order chi connectivity index (χ0) is 4.50. The van der Waals surface area contributed by atoms with Crippen molar-refractivity contribution < 1.29 is 13.3 Å². The van der Waals surface area contributed by atoms with Crippen LogP contribution in [-0.2, 0) is 20.2 Å². The third-order valence-electron chi connectivity index (χ3n) is 0. The Kier molecular flexibility index (Phi) is 6.20. The summed E-state index contributed by atoms with van der Waals surface area (Å²) in [6.07, 6.45) is 0. The Hall–Kier alpha value is 1.55. The first-order chi connectivity index (χ1) is 2.00. The van der Waals surface area contributed by atoms with Crippen LogP contribution in [0.3, 0.4) is 0 Å². The van der Waals surface area contributed by atoms with Crippen molar-refractivity contribution in [3.63, 3.8) is 0 Å². The van der Waals surface area contributed by atoms with Gasteiger partial charge >= 0.3 is 0 Å². The smallest absolute Gasteiger partial charge is 0.263 e. The van der Waals surface area contributed by atoms with E-state index in [0.29, 0.717) is 0 Å². The molecule has 0 saturated heterocycles. The molecule has 0 atom stereocenters. The zero-order valence-electron chi connectivity index (χ0n) is 2.83. The van der Waals surface area contributed by atoms with Crippen LogP contribution in [0.5, 0.6) is 0 Å². The molecule has 0 aromatic rings. The first kappa shape index (κ1) is 10.5. The van der Waals surface area contributed by atoms with Gasteiger partial charge in [0.25, 0.3) is 9.05 Å². The van der Waals surface area contributed by atoms with Crippen LogP contribution < -0.4 is 0 Å². The molecule has 0 rings (SSSR count). The van der Waals surface area contributed by atoms with E-state index in [1.165, 1.54) is 0 Å². The van der Waals surface area contributed by atoms with Gasteiger partial charge in [0.05, 0.1) is 0 Å². The first-order valence-electron chi connectivity index (χ1n) is 0.698. The van der Waals surface area contributed by atoms with Crippen molar-refractivity contribution in [2.24, 2.45) is 0 Å². The number of rotatable bonds is 0. The fraction of sp³-hybridized carbons (Fsp3) is 0. The Bertz CT molecular complexity index is 92.0. The van der Waals surface area contributed by atoms with E-state index in [2.05, 4.69) is 11.2 Å². The molecule has 0 unspecified atom stereocenters. The standard InChI is InChI=1S/Ca.H2O3S2/c;1-5(2,3)4/h;(H2,1,2,3,4). The van der Waals surface area contributed by atoms with Crippen LogP contribution >= 0.6 is 0 Å². The molecule has 0 saturated carbocycles. The van der Waals surface area contributed by atoms with E-state index in [-0.39, 0.29) is 37.7 Å². The molecule has 0 aliphatic carbocycles. The molecule has 0 aliphatic rings. The minimum Gasteiger partial charge on any atom is -0.285 e. The summed E-state index contributed by atoms with van der Waals surface area (Å²) >= 11 is 3.47. The molecule has 0 fully saturated rings. The first-order valence-corrected chi connectivity index (χ1v) is 3.10. The fourth-order valence-corrected chi connectivity index (χ4v) is 0. The van der Waals surface area contributed by atoms with Gasteiger partial charge < -0.3 is 0 Å². The van der Waals surface area contributed by atoms with Gasteiger partial charge in [0, 0.05) is 48.9 Å². The van der Waals surface area contributed by atoms with Gasteiger partial charge in [-0.15, -0.1) is 0 Å². The Labute approximate surface area is 70.4 Å². The largest absolute Gasteiger partial charge is 0.285 e. The molecule has 0 heterocycles. The molecule has 0 spiro atoms. The Morgan fingerprint density at radius 1 is 1.50 bits per heavy atom. The average Bonchev–Trinajstić information content (AvgIpc) is 0.722. The second-order valence-corrected chi connectivity index (χ2v) is 2.65. The summed E-state index contributed by atoms with van der Waals surface area (Å²) in [6.45, 7) is 0. The maximum absolute atomic E-state index is 9.11. The van der Waals surface area contributed by atoms with Crippen molar-refractivity contribution in [2.75, 3.05) is 0 Å². The predicted molar refractivity (Wildman–Crippen MR) is 26.5 cm³/mol. The Morgan fingerprint density at radius 3 is 1.50 bits per heavy atom. The van der Waals surface area contributed by atoms with E-state index in [4.69, 9.17) is 13.3 Å². The molecule has 6 heteroatoms. The molecule has 2 radical (unpaired) electrons. The van der Waals surface area contributed by atoms with Gasteiger partial charge in [-0.2, -0.15) is 4.21 Å². The maximum atomic E-state index is 9.11. The van der Waals surface area contributed by atoms with E-state index in [0.717, 1.165) is 0 Å². The van der Waals surface area contributed by atoms with Gasteiger partial charge in [-0.1, -0.05) is 0 Å². The van der Waals surface area contributed by atoms with Crippen LogP contribution in [0.25, 0.3) is 0 Å². The molecular weight excluding hydrogens is 152 g/mol. The molecule has 0 aromatic heterocycles. The molecule has 0 amide bonds. The van der Waals surface area contributed by atoms with Crippen molar-refractivity contribution in [2.45, 2.75) is 0 Å². The minimum atomic E-state index is -3.83. The van der Waals surface area contributed by atoms with E-state index < -0.39 is 9.05 Å². The Morgan fingerprint density at radius 2 is 1.50 bits per heavy atom. The summed E-state index contributed by atoms with van der Waals surface area (Å²) in [5, 5.41) is 0. The van der Waals surface area contributed by atoms with Crippen LogP contribution in [0.15, 0.2) is 0 Å². The number of hydrogen-bond donors (Lipinski definition) is 2. The third-order valence-corrected chi connectivity index (χ3v) is 0. The van der Waals surface area contributed by atoms with E-state index in [1.54, 1.807) is 0 Å². The molecule has 0 bridgehead atoms. The van der Waals surface area contributed by atoms with Gasteiger partial charge in [0.2, 0.25) is 0 Å². The molecule has 0 aromatic carbocycles. The SMILES string of the molecule is O=S(O)(O)=S.[Ca]. The van der Waals surface area contributed by atoms with Gasteiger partial charge in [-0.25, -0.2) is 0 Å². The zero-order valence-corrected chi connectivity index (χ0v) is 6.67. The Balaban J connectivity index is 0. The van der Waals surface area contributed by atoms with Crippen LogP contribution in [0.4, 0.5) is 0 Å². The molecule has 6 heavy (non-hydrogen) atoms. The van der Waals surface area contributed by atoms with E-state index >= 15 is 0 Å². The molecule has 0 aliphatic heterocycles. The van der Waals surface area contributed by atoms with Crippen molar-refractivity contribution in [3.8, 4) is 0 Å². The van der Waals surface area contributed by atoms with Crippen molar-refractivity contribution in [1.29, 1.82) is 0 Å². The van der Waals surface area contributed by atoms with Crippen molar-refractivity contribution in [1.82, 2.24) is 0 Å². The predicted octanol–water partition coefficient (Wildman–Crippen LogP) is -0.702. The quantitative estimate of drug-likeness (QED) is 0.453. The van der Waals surface area contributed by atoms with Crippen LogP contribution in [0.1, 0.15) is 0 Å². The van der Waals surface area contributed by atoms with Crippen LogP contribution in [0.2, 0.25) is 0 Å². The summed E-state index contributed by atoms with van der Waals surface area (Å²) < 4.78 is 24.0. The summed E-state index contributed by atoms with van der Waals surface area (Å²) in [6, 6.07) is 0. The van der Waals surface area contributed by atoms with Crippen LogP contribution in [-0.4, -0.2) is 51.1 Å². The number of hydrogen-bond acceptors (Lipinski definition) is 2. The fourth-order valence-electron chi connectivity index (χ4n) is 0. The molecule has 3 nitrogen and oxygen atoms in total. The summed E-state index contributed by atoms with van der Waals surface area (Å²) in [5.41, 5.74) is 0. The third kappa shape index (κ3) is 47.8. The van der Waals surface area contributed by atoms with Gasteiger partial charge in [0.1, 0.15) is 0 Å². The molecular formula is H2CaO3S2. The molecule has 2 N–H and O–H groups in total. The van der Waals surface area contributed by atoms with Crippen LogP contribution in [0, 0.1) is 0 Å². The second kappa shape index (κ2) is 3.54. The van der Waals surface area contributed by atoms with Crippen molar-refractivity contribution >= 4 is 58.0 Å². The summed E-state index contributed by atoms with van der Waals surface area (Å²) in [7, 11) is -3.83. The summed E-state index contributed by atoms with van der Waals surface area (Å²) in [5.74, 6) is 0. The topological polar surface area (TPSA) is 57.5 Å². The van der Waals surface area contributed by atoms with E-state index in [9.17, 15) is 0 Å². The molecule has 34 valence electrons. The normalized spacial score (nSPS) is 9.67. The maximum Gasteiger partial charge on any atom is 0.263 e. The average molecular weight is 154 g/mol. The minimum absolute atomic E-state index is 0. The van der Waals surface area contributed by atoms with Gasteiger partial charge in [0.15, 0.2) is 0 Å². The monoisotopic (exact) mass is 154 g/mol. The second-order valence-electron chi connectivity index (χ2n) is 0.448.